The van der Waals surface area contributed by atoms with Gasteiger partial charge in [-0.2, -0.15) is 5.26 Å². The third kappa shape index (κ3) is 3.85. The molecular weight excluding hydrogens is 349 g/mol. The highest BCUT2D eigenvalue weighted by Gasteiger charge is 2.07. The lowest BCUT2D eigenvalue weighted by atomic mass is 10.2. The van der Waals surface area contributed by atoms with Gasteiger partial charge in [0.25, 0.3) is 0 Å². The second-order valence-corrected chi connectivity index (χ2v) is 7.46. The number of hydrogen-bond acceptors (Lipinski definition) is 5. The first-order valence-corrected chi connectivity index (χ1v) is 8.85. The number of rotatable bonds is 4. The van der Waals surface area contributed by atoms with E-state index in [0.29, 0.717) is 9.52 Å². The normalized spacial score (nSPS) is 10.4. The molecule has 7 heteroatoms. The smallest absolute Gasteiger partial charge is 0.184 e. The minimum atomic E-state index is -0.286. The number of thioether (sulfide) groups is 1. The molecule has 0 saturated heterocycles. The minimum absolute atomic E-state index is 0.286. The number of halogens is 1. The average Bonchev–Trinajstić information content (AvgIpc) is 2.95. The van der Waals surface area contributed by atoms with E-state index in [9.17, 15) is 4.39 Å². The zero-order valence-corrected chi connectivity index (χ0v) is 14.2. The fourth-order valence-corrected chi connectivity index (χ4v) is 4.20. The number of nitriles is 1. The molecule has 0 amide bonds. The van der Waals surface area contributed by atoms with Crippen molar-refractivity contribution in [2.75, 3.05) is 0 Å². The van der Waals surface area contributed by atoms with Gasteiger partial charge in [-0.1, -0.05) is 35.2 Å². The zero-order valence-electron chi connectivity index (χ0n) is 11.8. The molecule has 0 spiro atoms. The third-order valence-electron chi connectivity index (χ3n) is 3.05. The molecule has 3 rings (SSSR count). The predicted octanol–water partition coefficient (Wildman–Crippen LogP) is 4.97. The van der Waals surface area contributed by atoms with E-state index < -0.39 is 0 Å². The summed E-state index contributed by atoms with van der Waals surface area (Å²) in [5.41, 5.74) is 2.51. The lowest BCUT2D eigenvalue weighted by Crippen LogP contribution is -1.96. The maximum absolute atomic E-state index is 13.0. The fourth-order valence-electron chi connectivity index (χ4n) is 1.89. The molecule has 1 heterocycles. The van der Waals surface area contributed by atoms with Crippen LogP contribution in [0.2, 0.25) is 0 Å². The van der Waals surface area contributed by atoms with Crippen LogP contribution < -0.4 is 0 Å². The van der Waals surface area contributed by atoms with Gasteiger partial charge >= 0.3 is 0 Å². The summed E-state index contributed by atoms with van der Waals surface area (Å²) in [6.07, 6.45) is 0. The SMILES string of the molecule is N#Cc1ccc(CSc2nn(-c3ccc(F)cc3)c(=S)s2)cc1. The Morgan fingerprint density at radius 3 is 2.52 bits per heavy atom. The Labute approximate surface area is 146 Å². The molecule has 0 bridgehead atoms. The van der Waals surface area contributed by atoms with Crippen LogP contribution in [0.1, 0.15) is 11.1 Å². The lowest BCUT2D eigenvalue weighted by molar-refractivity contribution is 0.627. The van der Waals surface area contributed by atoms with Gasteiger partial charge in [-0.25, -0.2) is 9.07 Å². The van der Waals surface area contributed by atoms with Gasteiger partial charge in [0, 0.05) is 5.75 Å². The van der Waals surface area contributed by atoms with Gasteiger partial charge in [0.2, 0.25) is 0 Å². The fraction of sp³-hybridized carbons (Fsp3) is 0.0625. The summed E-state index contributed by atoms with van der Waals surface area (Å²) < 4.78 is 16.1. The van der Waals surface area contributed by atoms with E-state index in [1.165, 1.54) is 23.5 Å². The molecule has 114 valence electrons. The predicted molar refractivity (Wildman–Crippen MR) is 93.0 cm³/mol. The van der Waals surface area contributed by atoms with E-state index in [1.807, 2.05) is 12.1 Å². The van der Waals surface area contributed by atoms with E-state index >= 15 is 0 Å². The van der Waals surface area contributed by atoms with Crippen LogP contribution in [-0.2, 0) is 5.75 Å². The highest BCUT2D eigenvalue weighted by molar-refractivity contribution is 8.00. The first kappa shape index (κ1) is 15.9. The van der Waals surface area contributed by atoms with Crippen LogP contribution in [0.15, 0.2) is 52.9 Å². The Morgan fingerprint density at radius 1 is 1.17 bits per heavy atom. The van der Waals surface area contributed by atoms with Gasteiger partial charge in [-0.05, 0) is 54.2 Å². The monoisotopic (exact) mass is 359 g/mol. The van der Waals surface area contributed by atoms with Crippen LogP contribution in [0, 0.1) is 21.1 Å². The van der Waals surface area contributed by atoms with Crippen molar-refractivity contribution < 1.29 is 4.39 Å². The molecule has 0 saturated carbocycles. The summed E-state index contributed by atoms with van der Waals surface area (Å²) in [6.45, 7) is 0. The largest absolute Gasteiger partial charge is 0.211 e. The van der Waals surface area contributed by atoms with Gasteiger partial charge < -0.3 is 0 Å². The Kier molecular flexibility index (Phi) is 4.86. The van der Waals surface area contributed by atoms with Gasteiger partial charge in [-0.15, -0.1) is 5.10 Å². The summed E-state index contributed by atoms with van der Waals surface area (Å²) in [4.78, 5) is 0. The van der Waals surface area contributed by atoms with Crippen molar-refractivity contribution in [1.82, 2.24) is 9.78 Å². The van der Waals surface area contributed by atoms with Crippen molar-refractivity contribution in [3.05, 3.63) is 69.4 Å². The molecule has 0 fully saturated rings. The van der Waals surface area contributed by atoms with Crippen LogP contribution in [0.4, 0.5) is 4.39 Å². The van der Waals surface area contributed by atoms with Crippen molar-refractivity contribution >= 4 is 35.3 Å². The van der Waals surface area contributed by atoms with Crippen molar-refractivity contribution in [2.24, 2.45) is 0 Å². The summed E-state index contributed by atoms with van der Waals surface area (Å²) in [5.74, 6) is 0.461. The molecule has 0 aliphatic carbocycles. The Balaban J connectivity index is 1.74. The minimum Gasteiger partial charge on any atom is -0.211 e. The molecule has 1 aromatic heterocycles. The molecule has 0 unspecified atom stereocenters. The molecule has 0 aliphatic rings. The third-order valence-corrected chi connectivity index (χ3v) is 5.48. The first-order chi connectivity index (χ1) is 11.2. The van der Waals surface area contributed by atoms with E-state index in [0.717, 1.165) is 21.3 Å². The maximum Gasteiger partial charge on any atom is 0.184 e. The second kappa shape index (κ2) is 7.04. The van der Waals surface area contributed by atoms with Crippen molar-refractivity contribution in [3.8, 4) is 11.8 Å². The topological polar surface area (TPSA) is 41.6 Å². The molecule has 0 radical (unpaired) electrons. The summed E-state index contributed by atoms with van der Waals surface area (Å²) >= 11 is 8.33. The van der Waals surface area contributed by atoms with Crippen LogP contribution in [0.25, 0.3) is 5.69 Å². The van der Waals surface area contributed by atoms with E-state index in [4.69, 9.17) is 17.5 Å². The van der Waals surface area contributed by atoms with Crippen molar-refractivity contribution in [3.63, 3.8) is 0 Å². The van der Waals surface area contributed by atoms with Crippen molar-refractivity contribution in [1.29, 1.82) is 5.26 Å². The van der Waals surface area contributed by atoms with Gasteiger partial charge in [0.1, 0.15) is 5.82 Å². The Morgan fingerprint density at radius 2 is 1.87 bits per heavy atom. The summed E-state index contributed by atoms with van der Waals surface area (Å²) in [5, 5.41) is 13.3. The molecular formula is C16H10FN3S3. The van der Waals surface area contributed by atoms with Gasteiger partial charge in [0.15, 0.2) is 8.29 Å². The summed E-state index contributed by atoms with van der Waals surface area (Å²) in [6, 6.07) is 15.6. The van der Waals surface area contributed by atoms with E-state index in [2.05, 4.69) is 11.2 Å². The number of aromatic nitrogens is 2. The lowest BCUT2D eigenvalue weighted by Gasteiger charge is -2.00. The average molecular weight is 359 g/mol. The number of hydrogen-bond donors (Lipinski definition) is 0. The molecule has 23 heavy (non-hydrogen) atoms. The molecule has 2 aromatic carbocycles. The standard InChI is InChI=1S/C16H10FN3S3/c17-13-5-7-14(8-6-13)20-16(21)23-15(19-20)22-10-12-3-1-11(9-18)2-4-12/h1-8H,10H2. The molecule has 3 nitrogen and oxygen atoms in total. The van der Waals surface area contributed by atoms with Crippen LogP contribution in [0.3, 0.4) is 0 Å². The quantitative estimate of drug-likeness (QED) is 0.487. The molecule has 0 aliphatic heterocycles. The van der Waals surface area contributed by atoms with Crippen LogP contribution in [-0.4, -0.2) is 9.78 Å². The van der Waals surface area contributed by atoms with Crippen LogP contribution >= 0.6 is 35.3 Å². The number of benzene rings is 2. The Hall–Kier alpha value is -2.01. The second-order valence-electron chi connectivity index (χ2n) is 4.62. The van der Waals surface area contributed by atoms with Gasteiger partial charge in [-0.3, -0.25) is 0 Å². The summed E-state index contributed by atoms with van der Waals surface area (Å²) in [7, 11) is 0. The van der Waals surface area contributed by atoms with E-state index in [1.54, 1.807) is 40.7 Å². The molecule has 3 aromatic rings. The van der Waals surface area contributed by atoms with E-state index in [-0.39, 0.29) is 5.82 Å². The van der Waals surface area contributed by atoms with Gasteiger partial charge in [0.05, 0.1) is 17.3 Å². The first-order valence-electron chi connectivity index (χ1n) is 6.63. The maximum atomic E-state index is 13.0. The zero-order chi connectivity index (χ0) is 16.2. The number of nitrogens with zero attached hydrogens (tertiary/aromatic N) is 3. The Bertz CT molecular complexity index is 905. The molecule has 0 N–H and O–H groups in total. The highest BCUT2D eigenvalue weighted by atomic mass is 32.2. The van der Waals surface area contributed by atoms with Crippen LogP contribution in [0.5, 0.6) is 0 Å². The highest BCUT2D eigenvalue weighted by Crippen LogP contribution is 2.27. The molecule has 0 atom stereocenters. The van der Waals surface area contributed by atoms with Crippen molar-refractivity contribution in [2.45, 2.75) is 10.1 Å².